The van der Waals surface area contributed by atoms with Crippen LogP contribution in [0.5, 0.6) is 17.2 Å². The van der Waals surface area contributed by atoms with Crippen molar-refractivity contribution in [2.75, 3.05) is 12.3 Å². The first-order valence-corrected chi connectivity index (χ1v) is 11.5. The lowest BCUT2D eigenvalue weighted by Crippen LogP contribution is -2.10. The summed E-state index contributed by atoms with van der Waals surface area (Å²) in [7, 11) is 0. The summed E-state index contributed by atoms with van der Waals surface area (Å²) in [6.07, 6.45) is 0.564. The van der Waals surface area contributed by atoms with Crippen molar-refractivity contribution in [2.24, 2.45) is 0 Å². The molecule has 0 unspecified atom stereocenters. The highest BCUT2D eigenvalue weighted by Gasteiger charge is 2.17. The molecular formula is C25H22F2N2O5S. The van der Waals surface area contributed by atoms with Crippen LogP contribution in [-0.2, 0) is 18.0 Å². The zero-order valence-electron chi connectivity index (χ0n) is 19.0. The Balaban J connectivity index is 1.48. The Morgan fingerprint density at radius 3 is 2.51 bits per heavy atom. The molecule has 2 heterocycles. The van der Waals surface area contributed by atoms with Crippen LogP contribution in [0.1, 0.15) is 23.6 Å². The summed E-state index contributed by atoms with van der Waals surface area (Å²) in [5.74, 6) is -0.215. The Kier molecular flexibility index (Phi) is 7.31. The first-order chi connectivity index (χ1) is 16.8. The predicted octanol–water partition coefficient (Wildman–Crippen LogP) is 6.16. The first-order valence-electron chi connectivity index (χ1n) is 10.6. The van der Waals surface area contributed by atoms with Crippen molar-refractivity contribution in [3.05, 3.63) is 76.3 Å². The monoisotopic (exact) mass is 500 g/mol. The summed E-state index contributed by atoms with van der Waals surface area (Å²) < 4.78 is 49.0. The summed E-state index contributed by atoms with van der Waals surface area (Å²) in [4.78, 5) is 15.9. The molecule has 2 aromatic carbocycles. The van der Waals surface area contributed by atoms with E-state index in [1.165, 1.54) is 23.6 Å². The Hall–Kier alpha value is -3.92. The highest BCUT2D eigenvalue weighted by molar-refractivity contribution is 7.17. The highest BCUT2D eigenvalue weighted by Crippen LogP contribution is 2.37. The summed E-state index contributed by atoms with van der Waals surface area (Å²) in [6, 6.07) is 8.99. The van der Waals surface area contributed by atoms with Gasteiger partial charge in [-0.2, -0.15) is 0 Å². The van der Waals surface area contributed by atoms with Crippen molar-refractivity contribution in [2.45, 2.75) is 27.1 Å². The van der Waals surface area contributed by atoms with Crippen molar-refractivity contribution >= 4 is 33.4 Å². The van der Waals surface area contributed by atoms with Crippen molar-refractivity contribution < 1.29 is 32.5 Å². The van der Waals surface area contributed by atoms with Gasteiger partial charge >= 0.3 is 6.16 Å². The van der Waals surface area contributed by atoms with Crippen LogP contribution in [0.2, 0.25) is 0 Å². The van der Waals surface area contributed by atoms with E-state index in [0.717, 1.165) is 23.3 Å². The average molecular weight is 501 g/mol. The van der Waals surface area contributed by atoms with Crippen LogP contribution in [0.25, 0.3) is 10.1 Å². The number of carbonyl (C=O) groups excluding carboxylic acids is 1. The van der Waals surface area contributed by atoms with E-state index in [9.17, 15) is 13.6 Å². The maximum atomic E-state index is 13.4. The average Bonchev–Trinajstić information content (AvgIpc) is 3.25. The van der Waals surface area contributed by atoms with Crippen LogP contribution in [0, 0.1) is 18.6 Å². The third-order valence-corrected chi connectivity index (χ3v) is 5.98. The molecule has 0 fully saturated rings. The Labute approximate surface area is 204 Å². The van der Waals surface area contributed by atoms with Crippen molar-refractivity contribution in [3.63, 3.8) is 0 Å². The van der Waals surface area contributed by atoms with Gasteiger partial charge < -0.3 is 24.7 Å². The number of nitrogen functional groups attached to an aromatic ring is 1. The second-order valence-electron chi connectivity index (χ2n) is 7.57. The molecule has 0 atom stereocenters. The SMILES string of the molecule is CCOC(=O)Oc1cnc(N)c2c(COc3cc(C)cc(OCc4ccc(F)c(F)c4)c3)csc12. The third-order valence-electron chi connectivity index (χ3n) is 4.93. The minimum atomic E-state index is -0.924. The highest BCUT2D eigenvalue weighted by atomic mass is 32.1. The lowest BCUT2D eigenvalue weighted by atomic mass is 10.2. The largest absolute Gasteiger partial charge is 0.513 e. The van der Waals surface area contributed by atoms with Crippen LogP contribution in [0.3, 0.4) is 0 Å². The van der Waals surface area contributed by atoms with E-state index in [1.54, 1.807) is 13.0 Å². The van der Waals surface area contributed by atoms with Gasteiger partial charge in [0.15, 0.2) is 17.4 Å². The number of pyridine rings is 1. The number of nitrogens with zero attached hydrogens (tertiary/aromatic N) is 1. The fourth-order valence-electron chi connectivity index (χ4n) is 3.36. The minimum absolute atomic E-state index is 0.0701. The van der Waals surface area contributed by atoms with E-state index in [0.29, 0.717) is 27.1 Å². The maximum Gasteiger partial charge on any atom is 0.513 e. The lowest BCUT2D eigenvalue weighted by molar-refractivity contribution is 0.105. The molecule has 0 aliphatic heterocycles. The van der Waals surface area contributed by atoms with Gasteiger partial charge in [-0.15, -0.1) is 11.3 Å². The number of fused-ring (bicyclic) bond motifs is 1. The van der Waals surface area contributed by atoms with Crippen molar-refractivity contribution in [3.8, 4) is 17.2 Å². The second-order valence-corrected chi connectivity index (χ2v) is 8.45. The zero-order chi connectivity index (χ0) is 24.9. The van der Waals surface area contributed by atoms with Gasteiger partial charge in [-0.3, -0.25) is 0 Å². The number of nitrogens with two attached hydrogens (primary N) is 1. The second kappa shape index (κ2) is 10.6. The number of aromatic nitrogens is 1. The number of ether oxygens (including phenoxy) is 4. The van der Waals surface area contributed by atoms with Crippen molar-refractivity contribution in [1.82, 2.24) is 4.98 Å². The lowest BCUT2D eigenvalue weighted by Gasteiger charge is -2.12. The summed E-state index contributed by atoms with van der Waals surface area (Å²) in [5.41, 5.74) is 8.26. The van der Waals surface area contributed by atoms with Crippen LogP contribution in [-0.4, -0.2) is 17.7 Å². The quantitative estimate of drug-likeness (QED) is 0.290. The number of benzene rings is 2. The molecule has 35 heavy (non-hydrogen) atoms. The normalized spacial score (nSPS) is 10.9. The van der Waals surface area contributed by atoms with E-state index in [-0.39, 0.29) is 31.4 Å². The molecule has 2 N–H and O–H groups in total. The maximum absolute atomic E-state index is 13.4. The third kappa shape index (κ3) is 5.78. The fraction of sp³-hybridized carbons (Fsp3) is 0.200. The molecule has 0 saturated carbocycles. The number of halogens is 2. The number of anilines is 1. The van der Waals surface area contributed by atoms with Gasteiger partial charge in [0.1, 0.15) is 30.5 Å². The molecule has 0 saturated heterocycles. The molecule has 7 nitrogen and oxygen atoms in total. The van der Waals surface area contributed by atoms with E-state index in [2.05, 4.69) is 4.98 Å². The molecule has 4 aromatic rings. The van der Waals surface area contributed by atoms with E-state index >= 15 is 0 Å². The molecule has 0 bridgehead atoms. The van der Waals surface area contributed by atoms with Gasteiger partial charge in [-0.05, 0) is 54.6 Å². The number of thiophene rings is 1. The van der Waals surface area contributed by atoms with Crippen LogP contribution in [0.15, 0.2) is 48.0 Å². The topological polar surface area (TPSA) is 92.9 Å². The molecule has 10 heteroatoms. The van der Waals surface area contributed by atoms with E-state index in [4.69, 9.17) is 24.7 Å². The first kappa shape index (κ1) is 24.2. The molecule has 0 aliphatic rings. The predicted molar refractivity (Wildman–Crippen MR) is 128 cm³/mol. The molecule has 0 amide bonds. The molecule has 0 radical (unpaired) electrons. The number of rotatable bonds is 8. The van der Waals surface area contributed by atoms with Gasteiger partial charge in [0, 0.05) is 17.0 Å². The molecule has 0 aliphatic carbocycles. The zero-order valence-corrected chi connectivity index (χ0v) is 19.8. The summed E-state index contributed by atoms with van der Waals surface area (Å²) in [6.45, 7) is 4.01. The number of carbonyl (C=O) groups is 1. The van der Waals surface area contributed by atoms with Crippen LogP contribution in [0.4, 0.5) is 19.4 Å². The van der Waals surface area contributed by atoms with Crippen molar-refractivity contribution in [1.29, 1.82) is 0 Å². The molecule has 182 valence electrons. The molecular weight excluding hydrogens is 478 g/mol. The Morgan fingerprint density at radius 2 is 1.80 bits per heavy atom. The standard InChI is InChI=1S/C25H22F2N2O5S/c1-3-31-25(30)34-21-10-29-24(28)22-16(13-35-23(21)22)12-33-18-7-14(2)6-17(9-18)32-11-15-4-5-19(26)20(27)8-15/h4-10,13H,3,11-12H2,1-2H3,(H2,28,29). The molecule has 4 rings (SSSR count). The van der Waals surface area contributed by atoms with Gasteiger partial charge in [0.2, 0.25) is 0 Å². The Bertz CT molecular complexity index is 1380. The number of hydrogen-bond donors (Lipinski definition) is 1. The fourth-order valence-corrected chi connectivity index (χ4v) is 4.37. The van der Waals surface area contributed by atoms with Gasteiger partial charge in [-0.1, -0.05) is 6.07 Å². The van der Waals surface area contributed by atoms with Gasteiger partial charge in [-0.25, -0.2) is 18.6 Å². The van der Waals surface area contributed by atoms with Gasteiger partial charge in [0.05, 0.1) is 17.5 Å². The molecule has 0 spiro atoms. The van der Waals surface area contributed by atoms with Gasteiger partial charge in [0.25, 0.3) is 0 Å². The minimum Gasteiger partial charge on any atom is -0.489 e. The van der Waals surface area contributed by atoms with E-state index < -0.39 is 17.8 Å². The van der Waals surface area contributed by atoms with Crippen LogP contribution >= 0.6 is 11.3 Å². The summed E-state index contributed by atoms with van der Waals surface area (Å²) in [5, 5.41) is 2.50. The van der Waals surface area contributed by atoms with Crippen LogP contribution < -0.4 is 19.9 Å². The van der Waals surface area contributed by atoms with E-state index in [1.807, 2.05) is 24.4 Å². The number of aryl methyl sites for hydroxylation is 1. The molecule has 2 aromatic heterocycles. The Morgan fingerprint density at radius 1 is 1.06 bits per heavy atom. The smallest absolute Gasteiger partial charge is 0.489 e. The number of hydrogen-bond acceptors (Lipinski definition) is 8. The summed E-state index contributed by atoms with van der Waals surface area (Å²) >= 11 is 1.35.